The van der Waals surface area contributed by atoms with Crippen LogP contribution in [0.15, 0.2) is 42.5 Å². The Hall–Kier alpha value is -3.16. The van der Waals surface area contributed by atoms with E-state index in [1.54, 1.807) is 24.3 Å². The Kier molecular flexibility index (Phi) is 5.25. The number of carbonyl (C=O) groups excluding carboxylic acids is 1. The number of benzene rings is 2. The number of aryl methyl sites for hydroxylation is 1. The molecular weight excluding hydrogens is 358 g/mol. The summed E-state index contributed by atoms with van der Waals surface area (Å²) in [5.74, 6) is -1.55. The number of alkyl halides is 2. The number of hydrogen-bond donors (Lipinski definition) is 2. The molecule has 1 aliphatic rings. The minimum Gasteiger partial charge on any atom is -0.480 e. The molecule has 2 aromatic rings. The first kappa shape index (κ1) is 18.6. The summed E-state index contributed by atoms with van der Waals surface area (Å²) >= 11 is 0. The van der Waals surface area contributed by atoms with Crippen molar-refractivity contribution in [2.75, 3.05) is 18.4 Å². The van der Waals surface area contributed by atoms with Crippen LogP contribution >= 0.6 is 0 Å². The van der Waals surface area contributed by atoms with Crippen LogP contribution in [-0.4, -0.2) is 41.6 Å². The zero-order valence-corrected chi connectivity index (χ0v) is 14.5. The van der Waals surface area contributed by atoms with E-state index in [4.69, 9.17) is 0 Å². The van der Waals surface area contributed by atoms with Gasteiger partial charge in [-0.25, -0.2) is 0 Å². The van der Waals surface area contributed by atoms with Crippen molar-refractivity contribution in [2.45, 2.75) is 19.6 Å². The van der Waals surface area contributed by atoms with Crippen LogP contribution in [0.2, 0.25) is 0 Å². The van der Waals surface area contributed by atoms with Gasteiger partial charge in [-0.2, -0.15) is 8.78 Å². The van der Waals surface area contributed by atoms with Crippen LogP contribution in [0.3, 0.4) is 0 Å². The zero-order valence-electron chi connectivity index (χ0n) is 14.5. The number of carboxylic acid groups (broad SMARTS) is 1. The van der Waals surface area contributed by atoms with Gasteiger partial charge in [0.15, 0.2) is 0 Å². The molecule has 1 atom stereocenters. The third-order valence-electron chi connectivity index (χ3n) is 4.32. The second-order valence-electron chi connectivity index (χ2n) is 6.22. The maximum atomic E-state index is 13.0. The van der Waals surface area contributed by atoms with Gasteiger partial charge in [0, 0.05) is 12.2 Å². The van der Waals surface area contributed by atoms with Crippen molar-refractivity contribution in [3.8, 4) is 5.75 Å². The molecule has 27 heavy (non-hydrogen) atoms. The molecule has 0 bridgehead atoms. The van der Waals surface area contributed by atoms with Crippen molar-refractivity contribution < 1.29 is 28.2 Å². The van der Waals surface area contributed by atoms with Crippen LogP contribution in [0, 0.1) is 6.92 Å². The van der Waals surface area contributed by atoms with Crippen LogP contribution in [0.1, 0.15) is 27.5 Å². The van der Waals surface area contributed by atoms with E-state index in [1.165, 1.54) is 17.0 Å². The lowest BCUT2D eigenvalue weighted by molar-refractivity contribution is -0.138. The van der Waals surface area contributed by atoms with Crippen molar-refractivity contribution in [3.05, 3.63) is 59.2 Å². The van der Waals surface area contributed by atoms with Gasteiger partial charge in [-0.3, -0.25) is 9.59 Å². The van der Waals surface area contributed by atoms with Crippen molar-refractivity contribution in [3.63, 3.8) is 0 Å². The summed E-state index contributed by atoms with van der Waals surface area (Å²) in [7, 11) is 0. The standard InChI is InChI=1S/C19H18F2N2O4/c1-11-2-7-15-14(8-11)18(26)23(10-17(24)25)16(9-22-15)12-3-5-13(6-4-12)27-19(20)21/h2-8,16,19,22H,9-10H2,1H3,(H,24,25). The smallest absolute Gasteiger partial charge is 0.387 e. The van der Waals surface area contributed by atoms with E-state index in [9.17, 15) is 23.5 Å². The van der Waals surface area contributed by atoms with Gasteiger partial charge in [0.05, 0.1) is 11.6 Å². The fourth-order valence-corrected chi connectivity index (χ4v) is 3.10. The first-order chi connectivity index (χ1) is 12.8. The third-order valence-corrected chi connectivity index (χ3v) is 4.32. The molecule has 2 N–H and O–H groups in total. The Balaban J connectivity index is 1.96. The lowest BCUT2D eigenvalue weighted by Crippen LogP contribution is -2.39. The molecule has 2 aromatic carbocycles. The van der Waals surface area contributed by atoms with Crippen LogP contribution in [0.4, 0.5) is 14.5 Å². The molecule has 0 aromatic heterocycles. The number of carbonyl (C=O) groups is 2. The van der Waals surface area contributed by atoms with Gasteiger partial charge in [-0.15, -0.1) is 0 Å². The van der Waals surface area contributed by atoms with Crippen molar-refractivity contribution >= 4 is 17.6 Å². The normalized spacial score (nSPS) is 16.5. The molecule has 0 spiro atoms. The Morgan fingerprint density at radius 1 is 1.30 bits per heavy atom. The van der Waals surface area contributed by atoms with E-state index in [0.717, 1.165) is 5.56 Å². The molecule has 1 amide bonds. The first-order valence-corrected chi connectivity index (χ1v) is 8.27. The predicted molar refractivity (Wildman–Crippen MR) is 94.2 cm³/mol. The molecular formula is C19H18F2N2O4. The van der Waals surface area contributed by atoms with E-state index in [1.807, 2.05) is 13.0 Å². The summed E-state index contributed by atoms with van der Waals surface area (Å²) in [5, 5.41) is 12.4. The number of rotatable bonds is 5. The topological polar surface area (TPSA) is 78.9 Å². The Morgan fingerprint density at radius 2 is 2.00 bits per heavy atom. The minimum atomic E-state index is -2.93. The van der Waals surface area contributed by atoms with E-state index in [-0.39, 0.29) is 12.3 Å². The number of halogens is 2. The maximum absolute atomic E-state index is 13.0. The fourth-order valence-electron chi connectivity index (χ4n) is 3.10. The van der Waals surface area contributed by atoms with Gasteiger partial charge in [0.25, 0.3) is 5.91 Å². The van der Waals surface area contributed by atoms with Crippen molar-refractivity contribution in [1.29, 1.82) is 0 Å². The van der Waals surface area contributed by atoms with Crippen LogP contribution in [-0.2, 0) is 4.79 Å². The number of carboxylic acids is 1. The lowest BCUT2D eigenvalue weighted by atomic mass is 10.0. The molecule has 1 unspecified atom stereocenters. The van der Waals surface area contributed by atoms with Gasteiger partial charge in [0.1, 0.15) is 12.3 Å². The fraction of sp³-hybridized carbons (Fsp3) is 0.263. The summed E-state index contributed by atoms with van der Waals surface area (Å²) in [6.07, 6.45) is 0. The molecule has 0 aliphatic carbocycles. The Morgan fingerprint density at radius 3 is 2.63 bits per heavy atom. The van der Waals surface area contributed by atoms with E-state index in [2.05, 4.69) is 10.1 Å². The van der Waals surface area contributed by atoms with Crippen LogP contribution in [0.5, 0.6) is 5.75 Å². The number of anilines is 1. The van der Waals surface area contributed by atoms with Gasteiger partial charge in [-0.05, 0) is 36.8 Å². The van der Waals surface area contributed by atoms with Crippen molar-refractivity contribution in [2.24, 2.45) is 0 Å². The number of hydrogen-bond acceptors (Lipinski definition) is 4. The molecule has 6 nitrogen and oxygen atoms in total. The van der Waals surface area contributed by atoms with Gasteiger partial charge >= 0.3 is 12.6 Å². The SMILES string of the molecule is Cc1ccc2c(c1)C(=O)N(CC(=O)O)C(c1ccc(OC(F)F)cc1)CN2. The molecule has 3 rings (SSSR count). The van der Waals surface area contributed by atoms with Gasteiger partial charge in [0.2, 0.25) is 0 Å². The number of fused-ring (bicyclic) bond motifs is 1. The lowest BCUT2D eigenvalue weighted by Gasteiger charge is -2.29. The highest BCUT2D eigenvalue weighted by atomic mass is 19.3. The highest BCUT2D eigenvalue weighted by Crippen LogP contribution is 2.31. The summed E-state index contributed by atoms with van der Waals surface area (Å²) in [6, 6.07) is 10.6. The van der Waals surface area contributed by atoms with E-state index in [0.29, 0.717) is 16.8 Å². The number of ether oxygens (including phenoxy) is 1. The number of amides is 1. The summed E-state index contributed by atoms with van der Waals surface area (Å²) in [6.45, 7) is -1.28. The second-order valence-corrected chi connectivity index (χ2v) is 6.22. The molecule has 1 heterocycles. The number of nitrogens with zero attached hydrogens (tertiary/aromatic N) is 1. The van der Waals surface area contributed by atoms with E-state index < -0.39 is 31.1 Å². The average molecular weight is 376 g/mol. The molecule has 0 saturated heterocycles. The highest BCUT2D eigenvalue weighted by Gasteiger charge is 2.32. The molecule has 0 fully saturated rings. The number of nitrogens with one attached hydrogen (secondary N) is 1. The molecule has 8 heteroatoms. The van der Waals surface area contributed by atoms with Crippen LogP contribution in [0.25, 0.3) is 0 Å². The zero-order chi connectivity index (χ0) is 19.6. The van der Waals surface area contributed by atoms with Crippen molar-refractivity contribution in [1.82, 2.24) is 4.90 Å². The summed E-state index contributed by atoms with van der Waals surface area (Å²) in [4.78, 5) is 25.6. The number of aliphatic carboxylic acids is 1. The predicted octanol–water partition coefficient (Wildman–Crippen LogP) is 3.29. The summed E-state index contributed by atoms with van der Waals surface area (Å²) in [5.41, 5.74) is 2.52. The average Bonchev–Trinajstić information content (AvgIpc) is 2.73. The molecule has 142 valence electrons. The first-order valence-electron chi connectivity index (χ1n) is 8.27. The van der Waals surface area contributed by atoms with E-state index >= 15 is 0 Å². The highest BCUT2D eigenvalue weighted by molar-refractivity contribution is 6.01. The second kappa shape index (κ2) is 7.61. The largest absolute Gasteiger partial charge is 0.480 e. The monoisotopic (exact) mass is 376 g/mol. The molecule has 1 aliphatic heterocycles. The minimum absolute atomic E-state index is 0.00893. The Labute approximate surface area is 154 Å². The maximum Gasteiger partial charge on any atom is 0.387 e. The van der Waals surface area contributed by atoms with Gasteiger partial charge in [-0.1, -0.05) is 23.8 Å². The molecule has 0 radical (unpaired) electrons. The van der Waals surface area contributed by atoms with Gasteiger partial charge < -0.3 is 20.1 Å². The quantitative estimate of drug-likeness (QED) is 0.837. The third kappa shape index (κ3) is 4.16. The molecule has 0 saturated carbocycles. The van der Waals surface area contributed by atoms with Crippen LogP contribution < -0.4 is 10.1 Å². The Bertz CT molecular complexity index is 855. The summed E-state index contributed by atoms with van der Waals surface area (Å²) < 4.78 is 29.0.